The Morgan fingerprint density at radius 3 is 2.38 bits per heavy atom. The van der Waals surface area contributed by atoms with Crippen molar-refractivity contribution in [2.75, 3.05) is 22.3 Å². The summed E-state index contributed by atoms with van der Waals surface area (Å²) in [6, 6.07) is 7.49. The van der Waals surface area contributed by atoms with Crippen molar-refractivity contribution in [2.24, 2.45) is 0 Å². The SMILES string of the molecule is CCNc1cc(NS(=O)(=O)c2ccc(N)cc2)nc(C)n1. The molecule has 7 nitrogen and oxygen atoms in total. The van der Waals surface area contributed by atoms with E-state index in [1.807, 2.05) is 6.92 Å². The summed E-state index contributed by atoms with van der Waals surface area (Å²) in [5.41, 5.74) is 6.05. The monoisotopic (exact) mass is 307 g/mol. The standard InChI is InChI=1S/C13H17N5O2S/c1-3-15-12-8-13(17-9(2)16-12)18-21(19,20)11-6-4-10(14)5-7-11/h4-8H,3,14H2,1-2H3,(H2,15,16,17,18). The summed E-state index contributed by atoms with van der Waals surface area (Å²) in [4.78, 5) is 8.37. The molecule has 0 unspecified atom stereocenters. The highest BCUT2D eigenvalue weighted by Gasteiger charge is 2.15. The fourth-order valence-electron chi connectivity index (χ4n) is 1.74. The van der Waals surface area contributed by atoms with Gasteiger partial charge in [0, 0.05) is 18.3 Å². The van der Waals surface area contributed by atoms with Crippen LogP contribution in [0.5, 0.6) is 0 Å². The van der Waals surface area contributed by atoms with E-state index in [9.17, 15) is 8.42 Å². The highest BCUT2D eigenvalue weighted by atomic mass is 32.2. The quantitative estimate of drug-likeness (QED) is 0.724. The van der Waals surface area contributed by atoms with Crippen LogP contribution < -0.4 is 15.8 Å². The zero-order valence-corrected chi connectivity index (χ0v) is 12.6. The number of aromatic nitrogens is 2. The number of benzene rings is 1. The maximum Gasteiger partial charge on any atom is 0.263 e. The highest BCUT2D eigenvalue weighted by molar-refractivity contribution is 7.92. The lowest BCUT2D eigenvalue weighted by molar-refractivity contribution is 0.601. The smallest absolute Gasteiger partial charge is 0.263 e. The van der Waals surface area contributed by atoms with E-state index >= 15 is 0 Å². The predicted molar refractivity (Wildman–Crippen MR) is 82.6 cm³/mol. The third-order valence-corrected chi connectivity index (χ3v) is 4.00. The lowest BCUT2D eigenvalue weighted by Gasteiger charge is -2.10. The molecule has 0 saturated carbocycles. The molecule has 112 valence electrons. The van der Waals surface area contributed by atoms with Crippen LogP contribution in [-0.4, -0.2) is 24.9 Å². The highest BCUT2D eigenvalue weighted by Crippen LogP contribution is 2.17. The average molecular weight is 307 g/mol. The van der Waals surface area contributed by atoms with Gasteiger partial charge in [0.05, 0.1) is 4.90 Å². The molecule has 2 rings (SSSR count). The molecule has 0 aliphatic carbocycles. The minimum Gasteiger partial charge on any atom is -0.399 e. The molecule has 0 bridgehead atoms. The first-order valence-electron chi connectivity index (χ1n) is 6.38. The van der Waals surface area contributed by atoms with Gasteiger partial charge in [-0.05, 0) is 38.1 Å². The van der Waals surface area contributed by atoms with Gasteiger partial charge in [0.1, 0.15) is 17.5 Å². The van der Waals surface area contributed by atoms with E-state index in [0.717, 1.165) is 0 Å². The first-order valence-corrected chi connectivity index (χ1v) is 7.87. The van der Waals surface area contributed by atoms with Gasteiger partial charge >= 0.3 is 0 Å². The van der Waals surface area contributed by atoms with Crippen molar-refractivity contribution in [3.8, 4) is 0 Å². The van der Waals surface area contributed by atoms with Gasteiger partial charge in [-0.1, -0.05) is 0 Å². The number of nitrogen functional groups attached to an aromatic ring is 1. The normalized spacial score (nSPS) is 11.1. The van der Waals surface area contributed by atoms with Crippen molar-refractivity contribution >= 4 is 27.3 Å². The average Bonchev–Trinajstić information content (AvgIpc) is 2.38. The fraction of sp³-hybridized carbons (Fsp3) is 0.231. The van der Waals surface area contributed by atoms with Crippen molar-refractivity contribution in [1.29, 1.82) is 0 Å². The van der Waals surface area contributed by atoms with Crippen LogP contribution in [0.3, 0.4) is 0 Å². The Bertz CT molecular complexity index is 729. The van der Waals surface area contributed by atoms with E-state index in [-0.39, 0.29) is 10.7 Å². The summed E-state index contributed by atoms with van der Waals surface area (Å²) >= 11 is 0. The minimum atomic E-state index is -3.70. The molecular formula is C13H17N5O2S. The van der Waals surface area contributed by atoms with Crippen LogP contribution in [0.1, 0.15) is 12.7 Å². The van der Waals surface area contributed by atoms with Crippen molar-refractivity contribution in [3.63, 3.8) is 0 Å². The molecule has 8 heteroatoms. The Balaban J connectivity index is 2.30. The lowest BCUT2D eigenvalue weighted by Crippen LogP contribution is -2.15. The maximum absolute atomic E-state index is 12.3. The number of sulfonamides is 1. The van der Waals surface area contributed by atoms with Gasteiger partial charge in [-0.15, -0.1) is 0 Å². The first-order chi connectivity index (χ1) is 9.90. The summed E-state index contributed by atoms with van der Waals surface area (Å²) in [5, 5.41) is 3.02. The summed E-state index contributed by atoms with van der Waals surface area (Å²) in [5.74, 6) is 1.26. The van der Waals surface area contributed by atoms with E-state index in [1.54, 1.807) is 13.0 Å². The van der Waals surface area contributed by atoms with Crippen LogP contribution in [0.15, 0.2) is 35.2 Å². The molecular weight excluding hydrogens is 290 g/mol. The van der Waals surface area contributed by atoms with E-state index in [0.29, 0.717) is 23.9 Å². The second-order valence-electron chi connectivity index (χ2n) is 4.39. The third-order valence-electron chi connectivity index (χ3n) is 2.63. The van der Waals surface area contributed by atoms with Crippen LogP contribution in [0.2, 0.25) is 0 Å². The zero-order chi connectivity index (χ0) is 15.5. The molecule has 0 atom stereocenters. The van der Waals surface area contributed by atoms with Crippen molar-refractivity contribution in [1.82, 2.24) is 9.97 Å². The van der Waals surface area contributed by atoms with E-state index < -0.39 is 10.0 Å². The molecule has 21 heavy (non-hydrogen) atoms. The van der Waals surface area contributed by atoms with Gasteiger partial charge in [-0.3, -0.25) is 4.72 Å². The Morgan fingerprint density at radius 1 is 1.14 bits per heavy atom. The molecule has 2 aromatic rings. The van der Waals surface area contributed by atoms with Crippen molar-refractivity contribution in [2.45, 2.75) is 18.7 Å². The topological polar surface area (TPSA) is 110 Å². The zero-order valence-electron chi connectivity index (χ0n) is 11.8. The maximum atomic E-state index is 12.3. The van der Waals surface area contributed by atoms with E-state index in [4.69, 9.17) is 5.73 Å². The van der Waals surface area contributed by atoms with E-state index in [2.05, 4.69) is 20.0 Å². The molecule has 0 fully saturated rings. The summed E-state index contributed by atoms with van der Waals surface area (Å²) in [7, 11) is -3.70. The molecule has 0 saturated heterocycles. The van der Waals surface area contributed by atoms with Gasteiger partial charge < -0.3 is 11.1 Å². The molecule has 0 amide bonds. The second kappa shape index (κ2) is 5.96. The van der Waals surface area contributed by atoms with Crippen molar-refractivity contribution in [3.05, 3.63) is 36.2 Å². The Morgan fingerprint density at radius 2 is 1.76 bits per heavy atom. The van der Waals surface area contributed by atoms with Gasteiger partial charge in [-0.2, -0.15) is 0 Å². The van der Waals surface area contributed by atoms with Gasteiger partial charge in [0.15, 0.2) is 0 Å². The Hall–Kier alpha value is -2.35. The number of nitrogens with one attached hydrogen (secondary N) is 2. The molecule has 1 aromatic heterocycles. The van der Waals surface area contributed by atoms with Crippen LogP contribution in [0.25, 0.3) is 0 Å². The van der Waals surface area contributed by atoms with Crippen molar-refractivity contribution < 1.29 is 8.42 Å². The molecule has 0 aliphatic rings. The van der Waals surface area contributed by atoms with Crippen LogP contribution in [0, 0.1) is 6.92 Å². The first kappa shape index (κ1) is 15.0. The molecule has 0 radical (unpaired) electrons. The number of rotatable bonds is 5. The Labute approximate surface area is 123 Å². The minimum absolute atomic E-state index is 0.123. The van der Waals surface area contributed by atoms with Crippen LogP contribution in [-0.2, 0) is 10.0 Å². The number of hydrogen-bond donors (Lipinski definition) is 3. The molecule has 1 aromatic carbocycles. The van der Waals surface area contributed by atoms with Gasteiger partial charge in [0.25, 0.3) is 10.0 Å². The summed E-state index contributed by atoms with van der Waals surface area (Å²) in [6.45, 7) is 4.30. The third kappa shape index (κ3) is 3.82. The van der Waals surface area contributed by atoms with Gasteiger partial charge in [-0.25, -0.2) is 18.4 Å². The second-order valence-corrected chi connectivity index (χ2v) is 6.07. The largest absolute Gasteiger partial charge is 0.399 e. The van der Waals surface area contributed by atoms with Crippen LogP contribution >= 0.6 is 0 Å². The lowest BCUT2D eigenvalue weighted by atomic mass is 10.3. The van der Waals surface area contributed by atoms with E-state index in [1.165, 1.54) is 24.3 Å². The number of anilines is 3. The summed E-state index contributed by atoms with van der Waals surface area (Å²) < 4.78 is 27.0. The predicted octanol–water partition coefficient (Wildman–Crippen LogP) is 1.60. The molecule has 0 spiro atoms. The number of aryl methyl sites for hydroxylation is 1. The molecule has 1 heterocycles. The molecule has 4 N–H and O–H groups in total. The fourth-order valence-corrected chi connectivity index (χ4v) is 2.73. The number of nitrogens with two attached hydrogens (primary N) is 1. The Kier molecular flexibility index (Phi) is 4.27. The number of hydrogen-bond acceptors (Lipinski definition) is 6. The molecule has 0 aliphatic heterocycles. The number of nitrogens with zero attached hydrogens (tertiary/aromatic N) is 2. The summed E-state index contributed by atoms with van der Waals surface area (Å²) in [6.07, 6.45) is 0. The van der Waals surface area contributed by atoms with Crippen LogP contribution in [0.4, 0.5) is 17.3 Å². The van der Waals surface area contributed by atoms with Gasteiger partial charge in [0.2, 0.25) is 0 Å².